The van der Waals surface area contributed by atoms with Crippen molar-refractivity contribution in [2.24, 2.45) is 10.7 Å². The Morgan fingerprint density at radius 3 is 2.45 bits per heavy atom. The maximum absolute atomic E-state index is 11.3. The summed E-state index contributed by atoms with van der Waals surface area (Å²) < 4.78 is 0. The lowest BCUT2D eigenvalue weighted by atomic mass is 10.1. The molecule has 0 saturated carbocycles. The van der Waals surface area contributed by atoms with Crippen molar-refractivity contribution in [2.75, 3.05) is 18.4 Å². The molecule has 0 saturated heterocycles. The number of guanidine groups is 1. The number of amides is 1. The Morgan fingerprint density at radius 2 is 1.90 bits per heavy atom. The highest BCUT2D eigenvalue weighted by molar-refractivity contribution is 14.0. The number of halogens is 1. The van der Waals surface area contributed by atoms with Crippen LogP contribution in [0, 0.1) is 0 Å². The van der Waals surface area contributed by atoms with Gasteiger partial charge in [0.05, 0.1) is 0 Å². The molecule has 1 aromatic carbocycles. The summed E-state index contributed by atoms with van der Waals surface area (Å²) >= 11 is 0. The van der Waals surface area contributed by atoms with Gasteiger partial charge < -0.3 is 16.4 Å². The molecule has 0 spiro atoms. The van der Waals surface area contributed by atoms with Crippen molar-refractivity contribution >= 4 is 41.5 Å². The predicted octanol–water partition coefficient (Wildman–Crippen LogP) is 2.12. The first-order chi connectivity index (χ1) is 9.15. The lowest BCUT2D eigenvalue weighted by Crippen LogP contribution is -2.29. The molecular formula is C14H23IN4O. The largest absolute Gasteiger partial charge is 0.370 e. The maximum atomic E-state index is 11.3. The zero-order valence-corrected chi connectivity index (χ0v) is 14.3. The van der Waals surface area contributed by atoms with E-state index in [-0.39, 0.29) is 42.4 Å². The molecule has 0 radical (unpaired) electrons. The molecule has 0 heterocycles. The van der Waals surface area contributed by atoms with Gasteiger partial charge in [-0.3, -0.25) is 4.79 Å². The summed E-state index contributed by atoms with van der Waals surface area (Å²) in [4.78, 5) is 15.3. The number of rotatable bonds is 6. The summed E-state index contributed by atoms with van der Waals surface area (Å²) in [5.74, 6) is 0.129. The maximum Gasteiger partial charge on any atom is 0.241 e. The van der Waals surface area contributed by atoms with E-state index in [0.29, 0.717) is 6.54 Å². The highest BCUT2D eigenvalue weighted by Crippen LogP contribution is 2.09. The van der Waals surface area contributed by atoms with E-state index in [1.165, 1.54) is 5.56 Å². The second kappa shape index (κ2) is 10.5. The number of benzene rings is 1. The molecule has 0 bridgehead atoms. The predicted molar refractivity (Wildman–Crippen MR) is 94.6 cm³/mol. The molecule has 6 heteroatoms. The van der Waals surface area contributed by atoms with Crippen LogP contribution in [-0.2, 0) is 11.2 Å². The number of hydrogen-bond donors (Lipinski definition) is 3. The first-order valence-corrected chi connectivity index (χ1v) is 6.58. The van der Waals surface area contributed by atoms with Gasteiger partial charge in [0, 0.05) is 12.2 Å². The monoisotopic (exact) mass is 390 g/mol. The molecule has 0 aliphatic rings. The van der Waals surface area contributed by atoms with Gasteiger partial charge in [0.25, 0.3) is 0 Å². The fraction of sp³-hybridized carbons (Fsp3) is 0.429. The molecule has 0 unspecified atom stereocenters. The number of anilines is 1. The Morgan fingerprint density at radius 1 is 1.25 bits per heavy atom. The Balaban J connectivity index is 0.00000361. The Labute approximate surface area is 137 Å². The minimum absolute atomic E-state index is 0. The summed E-state index contributed by atoms with van der Waals surface area (Å²) in [6.07, 6.45) is 1.91. The number of nitrogens with zero attached hydrogens (tertiary/aromatic N) is 1. The van der Waals surface area contributed by atoms with Crippen molar-refractivity contribution in [3.05, 3.63) is 29.8 Å². The van der Waals surface area contributed by atoms with E-state index in [9.17, 15) is 4.79 Å². The van der Waals surface area contributed by atoms with Crippen molar-refractivity contribution in [1.82, 2.24) is 5.32 Å². The van der Waals surface area contributed by atoms with Crippen molar-refractivity contribution in [1.29, 1.82) is 0 Å². The lowest BCUT2D eigenvalue weighted by Gasteiger charge is -2.06. The fourth-order valence-corrected chi connectivity index (χ4v) is 1.49. The molecular weight excluding hydrogens is 367 g/mol. The molecule has 112 valence electrons. The van der Waals surface area contributed by atoms with Crippen molar-refractivity contribution in [2.45, 2.75) is 26.7 Å². The van der Waals surface area contributed by atoms with Gasteiger partial charge in [-0.15, -0.1) is 24.0 Å². The van der Waals surface area contributed by atoms with E-state index in [4.69, 9.17) is 5.73 Å². The minimum Gasteiger partial charge on any atom is -0.370 e. The number of carbonyl (C=O) groups excluding carboxylic acids is 1. The average Bonchev–Trinajstić information content (AvgIpc) is 2.43. The first kappa shape index (κ1) is 18.7. The number of hydrogen-bond acceptors (Lipinski definition) is 2. The second-order valence-corrected chi connectivity index (χ2v) is 4.23. The van der Waals surface area contributed by atoms with Crippen LogP contribution in [0.3, 0.4) is 0 Å². The van der Waals surface area contributed by atoms with Crippen LogP contribution in [0.1, 0.15) is 25.8 Å². The smallest absolute Gasteiger partial charge is 0.241 e. The molecule has 0 fully saturated rings. The fourth-order valence-electron chi connectivity index (χ4n) is 1.49. The first-order valence-electron chi connectivity index (χ1n) is 6.58. The molecule has 0 aliphatic carbocycles. The highest BCUT2D eigenvalue weighted by atomic mass is 127. The molecule has 1 aromatic rings. The van der Waals surface area contributed by atoms with Gasteiger partial charge in [-0.2, -0.15) is 0 Å². The number of aryl methyl sites for hydroxylation is 1. The molecule has 20 heavy (non-hydrogen) atoms. The molecule has 0 atom stereocenters. The third-order valence-electron chi connectivity index (χ3n) is 2.60. The van der Waals surface area contributed by atoms with Gasteiger partial charge in [-0.1, -0.05) is 26.0 Å². The standard InChI is InChI=1S/C14H22N4O.HI/c1-3-9-16-13(19)10-17-14(15)18-12-7-5-11(4-2)6-8-12;/h5-8H,3-4,9-10H2,1-2H3,(H,16,19)(H3,15,17,18);1H. The number of nitrogens with one attached hydrogen (secondary N) is 2. The molecule has 1 rings (SSSR count). The molecule has 5 nitrogen and oxygen atoms in total. The lowest BCUT2D eigenvalue weighted by molar-refractivity contribution is -0.119. The topological polar surface area (TPSA) is 79.5 Å². The SMILES string of the molecule is CCCNC(=O)CN=C(N)Nc1ccc(CC)cc1.I. The summed E-state index contributed by atoms with van der Waals surface area (Å²) in [5.41, 5.74) is 7.84. The number of nitrogens with two attached hydrogens (primary N) is 1. The zero-order valence-electron chi connectivity index (χ0n) is 12.0. The van der Waals surface area contributed by atoms with Crippen LogP contribution in [0.2, 0.25) is 0 Å². The van der Waals surface area contributed by atoms with E-state index in [0.717, 1.165) is 18.5 Å². The summed E-state index contributed by atoms with van der Waals surface area (Å²) in [6, 6.07) is 7.95. The van der Waals surface area contributed by atoms with Gasteiger partial charge in [-0.05, 0) is 30.5 Å². The number of carbonyl (C=O) groups is 1. The Bertz CT molecular complexity index is 431. The van der Waals surface area contributed by atoms with Crippen LogP contribution in [0.5, 0.6) is 0 Å². The van der Waals surface area contributed by atoms with E-state index in [1.807, 2.05) is 31.2 Å². The van der Waals surface area contributed by atoms with Crippen molar-refractivity contribution in [3.63, 3.8) is 0 Å². The Kier molecular flexibility index (Phi) is 9.79. The van der Waals surface area contributed by atoms with E-state index in [1.54, 1.807) is 0 Å². The van der Waals surface area contributed by atoms with Gasteiger partial charge >= 0.3 is 0 Å². The van der Waals surface area contributed by atoms with Crippen LogP contribution < -0.4 is 16.4 Å². The van der Waals surface area contributed by atoms with Crippen LogP contribution in [-0.4, -0.2) is 25.0 Å². The van der Waals surface area contributed by atoms with E-state index in [2.05, 4.69) is 22.5 Å². The molecule has 4 N–H and O–H groups in total. The zero-order chi connectivity index (χ0) is 14.1. The second-order valence-electron chi connectivity index (χ2n) is 4.23. The van der Waals surface area contributed by atoms with Gasteiger partial charge in [0.2, 0.25) is 5.91 Å². The third-order valence-corrected chi connectivity index (χ3v) is 2.60. The van der Waals surface area contributed by atoms with E-state index < -0.39 is 0 Å². The molecule has 0 aliphatic heterocycles. The van der Waals surface area contributed by atoms with Crippen LogP contribution in [0.4, 0.5) is 5.69 Å². The van der Waals surface area contributed by atoms with Gasteiger partial charge in [0.1, 0.15) is 6.54 Å². The Hall–Kier alpha value is -1.31. The molecule has 0 aromatic heterocycles. The van der Waals surface area contributed by atoms with Crippen molar-refractivity contribution in [3.8, 4) is 0 Å². The molecule has 1 amide bonds. The van der Waals surface area contributed by atoms with Gasteiger partial charge in [-0.25, -0.2) is 4.99 Å². The van der Waals surface area contributed by atoms with Gasteiger partial charge in [0.15, 0.2) is 5.96 Å². The number of aliphatic imine (C=N–C) groups is 1. The van der Waals surface area contributed by atoms with Crippen LogP contribution >= 0.6 is 24.0 Å². The summed E-state index contributed by atoms with van der Waals surface area (Å²) in [6.45, 7) is 4.82. The van der Waals surface area contributed by atoms with E-state index >= 15 is 0 Å². The third kappa shape index (κ3) is 7.32. The highest BCUT2D eigenvalue weighted by Gasteiger charge is 1.99. The average molecular weight is 390 g/mol. The summed E-state index contributed by atoms with van der Waals surface area (Å²) in [7, 11) is 0. The summed E-state index contributed by atoms with van der Waals surface area (Å²) in [5, 5.41) is 5.69. The van der Waals surface area contributed by atoms with Crippen LogP contribution in [0.15, 0.2) is 29.3 Å². The minimum atomic E-state index is -0.118. The van der Waals surface area contributed by atoms with Crippen LogP contribution in [0.25, 0.3) is 0 Å². The normalized spacial score (nSPS) is 10.6. The van der Waals surface area contributed by atoms with Crippen molar-refractivity contribution < 1.29 is 4.79 Å². The quantitative estimate of drug-likeness (QED) is 0.396.